The van der Waals surface area contributed by atoms with Gasteiger partial charge in [-0.15, -0.1) is 0 Å². The third kappa shape index (κ3) is 2.54. The molecule has 122 valence electrons. The minimum atomic E-state index is -0.441. The first-order chi connectivity index (χ1) is 12.2. The van der Waals surface area contributed by atoms with E-state index in [4.69, 9.17) is 0 Å². The van der Waals surface area contributed by atoms with E-state index >= 15 is 0 Å². The number of nitrogens with zero attached hydrogens (tertiary/aromatic N) is 1. The van der Waals surface area contributed by atoms with Crippen LogP contribution in [0.2, 0.25) is 0 Å². The standard InChI is InChI=1S/C22H17NO2/c1-15-12-13-19-18(14-15)20(16-8-4-2-5-9-16)22(25)23(19)21(24)17-10-6-3-7-11-17/h2-14,20H,1H3. The molecule has 0 aromatic heterocycles. The van der Waals surface area contributed by atoms with Gasteiger partial charge in [0.05, 0.1) is 11.6 Å². The van der Waals surface area contributed by atoms with Crippen LogP contribution in [0.25, 0.3) is 0 Å². The van der Waals surface area contributed by atoms with E-state index in [0.29, 0.717) is 11.3 Å². The number of anilines is 1. The van der Waals surface area contributed by atoms with Gasteiger partial charge in [-0.2, -0.15) is 0 Å². The third-order valence-electron chi connectivity index (χ3n) is 4.56. The van der Waals surface area contributed by atoms with Crippen LogP contribution in [0.5, 0.6) is 0 Å². The van der Waals surface area contributed by atoms with Crippen LogP contribution < -0.4 is 4.90 Å². The van der Waals surface area contributed by atoms with Crippen LogP contribution in [0.3, 0.4) is 0 Å². The Morgan fingerprint density at radius 2 is 1.52 bits per heavy atom. The van der Waals surface area contributed by atoms with Gasteiger partial charge in [-0.25, -0.2) is 4.90 Å². The Labute approximate surface area is 146 Å². The molecule has 0 aliphatic carbocycles. The number of rotatable bonds is 2. The van der Waals surface area contributed by atoms with Crippen molar-refractivity contribution in [3.8, 4) is 0 Å². The maximum absolute atomic E-state index is 13.2. The Hall–Kier alpha value is -3.20. The molecule has 0 N–H and O–H groups in total. The lowest BCUT2D eigenvalue weighted by molar-refractivity contribution is -0.117. The Morgan fingerprint density at radius 3 is 2.20 bits per heavy atom. The van der Waals surface area contributed by atoms with E-state index in [2.05, 4.69) is 0 Å². The second-order valence-corrected chi connectivity index (χ2v) is 6.25. The predicted molar refractivity (Wildman–Crippen MR) is 97.7 cm³/mol. The van der Waals surface area contributed by atoms with Gasteiger partial charge in [-0.1, -0.05) is 66.2 Å². The molecule has 3 aromatic carbocycles. The van der Waals surface area contributed by atoms with E-state index in [-0.39, 0.29) is 11.8 Å². The molecule has 0 saturated carbocycles. The lowest BCUT2D eigenvalue weighted by Crippen LogP contribution is -2.35. The van der Waals surface area contributed by atoms with Crippen LogP contribution in [-0.2, 0) is 4.79 Å². The van der Waals surface area contributed by atoms with E-state index in [1.165, 1.54) is 4.90 Å². The zero-order chi connectivity index (χ0) is 17.4. The normalized spacial score (nSPS) is 16.0. The van der Waals surface area contributed by atoms with Crippen molar-refractivity contribution in [1.82, 2.24) is 0 Å². The summed E-state index contributed by atoms with van der Waals surface area (Å²) >= 11 is 0. The number of aryl methyl sites for hydroxylation is 1. The van der Waals surface area contributed by atoms with Crippen LogP contribution in [0.4, 0.5) is 5.69 Å². The van der Waals surface area contributed by atoms with Crippen molar-refractivity contribution in [1.29, 1.82) is 0 Å². The average molecular weight is 327 g/mol. The molecule has 4 rings (SSSR count). The van der Waals surface area contributed by atoms with E-state index in [0.717, 1.165) is 16.7 Å². The first kappa shape index (κ1) is 15.3. The number of fused-ring (bicyclic) bond motifs is 1. The molecular weight excluding hydrogens is 310 g/mol. The van der Waals surface area contributed by atoms with Gasteiger partial charge in [-0.3, -0.25) is 9.59 Å². The summed E-state index contributed by atoms with van der Waals surface area (Å²) in [4.78, 5) is 27.5. The molecule has 3 aromatic rings. The topological polar surface area (TPSA) is 37.4 Å². The summed E-state index contributed by atoms with van der Waals surface area (Å²) in [5.74, 6) is -0.918. The molecule has 1 aliphatic heterocycles. The summed E-state index contributed by atoms with van der Waals surface area (Å²) in [5, 5.41) is 0. The van der Waals surface area contributed by atoms with Crippen LogP contribution in [-0.4, -0.2) is 11.8 Å². The van der Waals surface area contributed by atoms with E-state index < -0.39 is 5.92 Å². The summed E-state index contributed by atoms with van der Waals surface area (Å²) < 4.78 is 0. The maximum atomic E-state index is 13.2. The van der Waals surface area contributed by atoms with E-state index in [1.807, 2.05) is 61.5 Å². The molecule has 0 radical (unpaired) electrons. The molecule has 0 fully saturated rings. The molecule has 3 nitrogen and oxygen atoms in total. The highest BCUT2D eigenvalue weighted by Crippen LogP contribution is 2.42. The summed E-state index contributed by atoms with van der Waals surface area (Å²) in [6.45, 7) is 1.99. The minimum Gasteiger partial charge on any atom is -0.273 e. The lowest BCUT2D eigenvalue weighted by Gasteiger charge is -2.16. The Bertz CT molecular complexity index is 948. The van der Waals surface area contributed by atoms with E-state index in [9.17, 15) is 9.59 Å². The number of hydrogen-bond acceptors (Lipinski definition) is 2. The number of carbonyl (C=O) groups is 2. The molecule has 25 heavy (non-hydrogen) atoms. The molecule has 0 saturated heterocycles. The number of carbonyl (C=O) groups excluding carboxylic acids is 2. The minimum absolute atomic E-state index is 0.194. The van der Waals surface area contributed by atoms with Gasteiger partial charge in [0, 0.05) is 5.56 Å². The predicted octanol–water partition coefficient (Wildman–Crippen LogP) is 4.31. The Kier molecular flexibility index (Phi) is 3.69. The van der Waals surface area contributed by atoms with Crippen LogP contribution in [0, 0.1) is 6.92 Å². The van der Waals surface area contributed by atoms with Crippen molar-refractivity contribution in [3.63, 3.8) is 0 Å². The van der Waals surface area contributed by atoms with Gasteiger partial charge in [0.25, 0.3) is 5.91 Å². The fourth-order valence-electron chi connectivity index (χ4n) is 3.38. The van der Waals surface area contributed by atoms with E-state index in [1.54, 1.807) is 24.3 Å². The van der Waals surface area contributed by atoms with Gasteiger partial charge in [0.1, 0.15) is 0 Å². The number of hydrogen-bond donors (Lipinski definition) is 0. The molecule has 1 heterocycles. The molecule has 1 unspecified atom stereocenters. The Balaban J connectivity index is 1.85. The second kappa shape index (κ2) is 6.02. The lowest BCUT2D eigenvalue weighted by atomic mass is 9.92. The SMILES string of the molecule is Cc1ccc2c(c1)C(c1ccccc1)C(=O)N2C(=O)c1ccccc1. The van der Waals surface area contributed by atoms with Crippen molar-refractivity contribution in [2.75, 3.05) is 4.90 Å². The highest BCUT2D eigenvalue weighted by atomic mass is 16.2. The van der Waals surface area contributed by atoms with Gasteiger partial charge >= 0.3 is 0 Å². The number of imide groups is 1. The largest absolute Gasteiger partial charge is 0.273 e. The smallest absolute Gasteiger partial charge is 0.265 e. The van der Waals surface area contributed by atoms with Crippen molar-refractivity contribution in [2.24, 2.45) is 0 Å². The zero-order valence-electron chi connectivity index (χ0n) is 13.8. The first-order valence-corrected chi connectivity index (χ1v) is 8.25. The quantitative estimate of drug-likeness (QED) is 0.658. The summed E-state index contributed by atoms with van der Waals surface area (Å²) in [5.41, 5.74) is 4.05. The average Bonchev–Trinajstić information content (AvgIpc) is 2.93. The number of benzene rings is 3. The zero-order valence-corrected chi connectivity index (χ0v) is 13.8. The molecular formula is C22H17NO2. The van der Waals surface area contributed by atoms with Crippen molar-refractivity contribution >= 4 is 17.5 Å². The summed E-state index contributed by atoms with van der Waals surface area (Å²) in [6, 6.07) is 24.4. The van der Waals surface area contributed by atoms with Gasteiger partial charge < -0.3 is 0 Å². The first-order valence-electron chi connectivity index (χ1n) is 8.25. The van der Waals surface area contributed by atoms with Gasteiger partial charge in [0.15, 0.2) is 0 Å². The Morgan fingerprint density at radius 1 is 0.880 bits per heavy atom. The molecule has 0 spiro atoms. The molecule has 1 atom stereocenters. The summed E-state index contributed by atoms with van der Waals surface area (Å²) in [7, 11) is 0. The second-order valence-electron chi connectivity index (χ2n) is 6.25. The molecule has 2 amide bonds. The maximum Gasteiger partial charge on any atom is 0.265 e. The highest BCUT2D eigenvalue weighted by Gasteiger charge is 2.41. The van der Waals surface area contributed by atoms with Crippen molar-refractivity contribution in [2.45, 2.75) is 12.8 Å². The monoisotopic (exact) mass is 327 g/mol. The fraction of sp³-hybridized carbons (Fsp3) is 0.0909. The van der Waals surface area contributed by atoms with Crippen LogP contribution in [0.1, 0.15) is 33.0 Å². The van der Waals surface area contributed by atoms with Crippen molar-refractivity contribution < 1.29 is 9.59 Å². The molecule has 1 aliphatic rings. The summed E-state index contributed by atoms with van der Waals surface area (Å²) in [6.07, 6.45) is 0. The van der Waals surface area contributed by atoms with Crippen LogP contribution >= 0.6 is 0 Å². The highest BCUT2D eigenvalue weighted by molar-refractivity contribution is 6.26. The van der Waals surface area contributed by atoms with Crippen LogP contribution in [0.15, 0.2) is 78.9 Å². The molecule has 0 bridgehead atoms. The third-order valence-corrected chi connectivity index (χ3v) is 4.56. The van der Waals surface area contributed by atoms with Crippen molar-refractivity contribution in [3.05, 3.63) is 101 Å². The van der Waals surface area contributed by atoms with Gasteiger partial charge in [0.2, 0.25) is 5.91 Å². The number of amides is 2. The van der Waals surface area contributed by atoms with Gasteiger partial charge in [-0.05, 0) is 36.2 Å². The molecule has 3 heteroatoms. The fourth-order valence-corrected chi connectivity index (χ4v) is 3.38.